The van der Waals surface area contributed by atoms with Crippen molar-refractivity contribution in [3.8, 4) is 17.3 Å². The van der Waals surface area contributed by atoms with Crippen LogP contribution in [0.2, 0.25) is 0 Å². The highest BCUT2D eigenvalue weighted by Gasteiger charge is 2.39. The molecule has 2 aromatic heterocycles. The van der Waals surface area contributed by atoms with E-state index in [9.17, 15) is 9.18 Å². The average Bonchev–Trinajstić information content (AvgIpc) is 3.31. The molecule has 0 radical (unpaired) electrons. The minimum atomic E-state index is -0.622. The molecule has 0 atom stereocenters. The second kappa shape index (κ2) is 6.90. The minimum Gasteiger partial charge on any atom is -0.343 e. The fourth-order valence-electron chi connectivity index (χ4n) is 3.60. The van der Waals surface area contributed by atoms with Crippen LogP contribution >= 0.6 is 0 Å². The van der Waals surface area contributed by atoms with Crippen LogP contribution in [0.4, 0.5) is 4.39 Å². The third kappa shape index (κ3) is 3.32. The molecule has 1 N–H and O–H groups in total. The maximum atomic E-state index is 13.6. The number of nitrogens with zero attached hydrogens (tertiary/aromatic N) is 5. The van der Waals surface area contributed by atoms with Gasteiger partial charge in [-0.05, 0) is 31.0 Å². The van der Waals surface area contributed by atoms with Crippen molar-refractivity contribution in [2.45, 2.75) is 44.6 Å². The summed E-state index contributed by atoms with van der Waals surface area (Å²) >= 11 is 0. The summed E-state index contributed by atoms with van der Waals surface area (Å²) in [5.41, 5.74) is 0.327. The first-order valence-corrected chi connectivity index (χ1v) is 8.87. The van der Waals surface area contributed by atoms with Gasteiger partial charge in [-0.1, -0.05) is 35.7 Å². The number of benzene rings is 1. The number of rotatable bonds is 4. The zero-order valence-electron chi connectivity index (χ0n) is 14.9. The lowest BCUT2D eigenvalue weighted by Crippen LogP contribution is -2.47. The normalized spacial score (nSPS) is 16.2. The van der Waals surface area contributed by atoms with Crippen LogP contribution in [0.15, 0.2) is 35.0 Å². The molecule has 4 rings (SSSR count). The van der Waals surface area contributed by atoms with E-state index in [2.05, 4.69) is 25.8 Å². The molecule has 2 heterocycles. The molecule has 1 aliphatic rings. The molecule has 3 aromatic rings. The first kappa shape index (κ1) is 17.3. The number of carbonyl (C=O) groups excluding carboxylic acids is 1. The molecule has 1 amide bonds. The van der Waals surface area contributed by atoms with Gasteiger partial charge in [-0.3, -0.25) is 4.79 Å². The van der Waals surface area contributed by atoms with Crippen LogP contribution < -0.4 is 5.32 Å². The summed E-state index contributed by atoms with van der Waals surface area (Å²) in [5, 5.41) is 15.0. The number of amides is 1. The number of nitrogens with one attached hydrogen (secondary N) is 1. The van der Waals surface area contributed by atoms with Gasteiger partial charge in [0.05, 0.1) is 11.9 Å². The molecular formula is C18H19FN6O2. The van der Waals surface area contributed by atoms with Gasteiger partial charge in [-0.2, -0.15) is 4.98 Å². The van der Waals surface area contributed by atoms with Crippen molar-refractivity contribution >= 4 is 5.91 Å². The molecule has 140 valence electrons. The summed E-state index contributed by atoms with van der Waals surface area (Å²) in [7, 11) is 0. The SMILES string of the molecule is CC(=O)NC1(c2noc(-c3cnnn3-c3cccc(F)c3)n2)CCCCC1. The first-order valence-electron chi connectivity index (χ1n) is 8.87. The molecule has 1 aromatic carbocycles. The van der Waals surface area contributed by atoms with E-state index in [4.69, 9.17) is 4.52 Å². The van der Waals surface area contributed by atoms with E-state index in [1.165, 1.54) is 29.9 Å². The van der Waals surface area contributed by atoms with Gasteiger partial charge >= 0.3 is 0 Å². The van der Waals surface area contributed by atoms with Crippen molar-refractivity contribution in [1.29, 1.82) is 0 Å². The molecular weight excluding hydrogens is 351 g/mol. The van der Waals surface area contributed by atoms with Gasteiger partial charge in [-0.25, -0.2) is 9.07 Å². The van der Waals surface area contributed by atoms with E-state index < -0.39 is 5.54 Å². The lowest BCUT2D eigenvalue weighted by atomic mass is 9.81. The Balaban J connectivity index is 1.71. The molecule has 0 bridgehead atoms. The molecule has 0 saturated heterocycles. The summed E-state index contributed by atoms with van der Waals surface area (Å²) < 4.78 is 20.5. The Labute approximate surface area is 154 Å². The van der Waals surface area contributed by atoms with E-state index in [-0.39, 0.29) is 17.6 Å². The van der Waals surface area contributed by atoms with E-state index in [0.29, 0.717) is 17.2 Å². The van der Waals surface area contributed by atoms with Gasteiger partial charge in [0.25, 0.3) is 5.89 Å². The second-order valence-corrected chi connectivity index (χ2v) is 6.76. The lowest BCUT2D eigenvalue weighted by molar-refractivity contribution is -0.121. The van der Waals surface area contributed by atoms with Gasteiger partial charge in [0, 0.05) is 6.92 Å². The molecule has 1 fully saturated rings. The van der Waals surface area contributed by atoms with Crippen molar-refractivity contribution in [1.82, 2.24) is 30.5 Å². The number of hydrogen-bond donors (Lipinski definition) is 1. The molecule has 0 aliphatic heterocycles. The first-order chi connectivity index (χ1) is 13.1. The van der Waals surface area contributed by atoms with E-state index >= 15 is 0 Å². The van der Waals surface area contributed by atoms with Gasteiger partial charge in [-0.15, -0.1) is 5.10 Å². The Bertz CT molecular complexity index is 960. The van der Waals surface area contributed by atoms with Crippen LogP contribution in [0.1, 0.15) is 44.9 Å². The van der Waals surface area contributed by atoms with Crippen molar-refractivity contribution < 1.29 is 13.7 Å². The van der Waals surface area contributed by atoms with E-state index in [0.717, 1.165) is 32.1 Å². The third-order valence-corrected chi connectivity index (χ3v) is 4.80. The van der Waals surface area contributed by atoms with Crippen LogP contribution in [0.25, 0.3) is 17.3 Å². The topological polar surface area (TPSA) is 98.7 Å². The summed E-state index contributed by atoms with van der Waals surface area (Å²) in [4.78, 5) is 16.3. The molecule has 27 heavy (non-hydrogen) atoms. The standard InChI is InChI=1S/C18H19FN6O2/c1-12(26)22-18(8-3-2-4-9-18)17-21-16(27-23-17)15-11-20-24-25(15)14-7-5-6-13(19)10-14/h5-7,10-11H,2-4,8-9H2,1H3,(H,22,26). The van der Waals surface area contributed by atoms with Crippen molar-refractivity contribution in [3.05, 3.63) is 42.1 Å². The van der Waals surface area contributed by atoms with Gasteiger partial charge < -0.3 is 9.84 Å². The molecule has 0 unspecified atom stereocenters. The maximum absolute atomic E-state index is 13.6. The van der Waals surface area contributed by atoms with Crippen molar-refractivity contribution in [2.75, 3.05) is 0 Å². The van der Waals surface area contributed by atoms with Crippen LogP contribution in [0.3, 0.4) is 0 Å². The Kier molecular flexibility index (Phi) is 4.43. The molecule has 1 saturated carbocycles. The Morgan fingerprint density at radius 3 is 2.85 bits per heavy atom. The average molecular weight is 370 g/mol. The monoisotopic (exact) mass is 370 g/mol. The highest BCUT2D eigenvalue weighted by molar-refractivity contribution is 5.74. The van der Waals surface area contributed by atoms with Crippen LogP contribution in [-0.4, -0.2) is 31.0 Å². The predicted octanol–water partition coefficient (Wildman–Crippen LogP) is 2.75. The molecule has 1 aliphatic carbocycles. The Morgan fingerprint density at radius 2 is 2.11 bits per heavy atom. The van der Waals surface area contributed by atoms with Crippen molar-refractivity contribution in [2.24, 2.45) is 0 Å². The highest BCUT2D eigenvalue weighted by atomic mass is 19.1. The maximum Gasteiger partial charge on any atom is 0.278 e. The zero-order valence-corrected chi connectivity index (χ0v) is 14.9. The summed E-state index contributed by atoms with van der Waals surface area (Å²) in [6.07, 6.45) is 6.07. The smallest absolute Gasteiger partial charge is 0.278 e. The van der Waals surface area contributed by atoms with Gasteiger partial charge in [0.1, 0.15) is 11.4 Å². The second-order valence-electron chi connectivity index (χ2n) is 6.76. The predicted molar refractivity (Wildman–Crippen MR) is 93.2 cm³/mol. The highest BCUT2D eigenvalue weighted by Crippen LogP contribution is 2.36. The van der Waals surface area contributed by atoms with Gasteiger partial charge in [0.2, 0.25) is 5.91 Å². The zero-order chi connectivity index (χ0) is 18.9. The Hall–Kier alpha value is -3.10. The summed E-state index contributed by atoms with van der Waals surface area (Å²) in [5.74, 6) is 0.149. The van der Waals surface area contributed by atoms with Crippen molar-refractivity contribution in [3.63, 3.8) is 0 Å². The Morgan fingerprint density at radius 1 is 1.30 bits per heavy atom. The number of halogens is 1. The quantitative estimate of drug-likeness (QED) is 0.758. The largest absolute Gasteiger partial charge is 0.343 e. The molecule has 9 heteroatoms. The van der Waals surface area contributed by atoms with Gasteiger partial charge in [0.15, 0.2) is 11.5 Å². The van der Waals surface area contributed by atoms with Crippen LogP contribution in [-0.2, 0) is 10.3 Å². The minimum absolute atomic E-state index is 0.130. The fourth-order valence-corrected chi connectivity index (χ4v) is 3.60. The third-order valence-electron chi connectivity index (χ3n) is 4.80. The molecule has 8 nitrogen and oxygen atoms in total. The summed E-state index contributed by atoms with van der Waals surface area (Å²) in [6, 6.07) is 5.99. The molecule has 0 spiro atoms. The number of carbonyl (C=O) groups is 1. The van der Waals surface area contributed by atoms with E-state index in [1.54, 1.807) is 12.1 Å². The van der Waals surface area contributed by atoms with Crippen LogP contribution in [0, 0.1) is 5.82 Å². The fraction of sp³-hybridized carbons (Fsp3) is 0.389. The lowest BCUT2D eigenvalue weighted by Gasteiger charge is -2.34. The van der Waals surface area contributed by atoms with Crippen LogP contribution in [0.5, 0.6) is 0 Å². The number of hydrogen-bond acceptors (Lipinski definition) is 6. The number of aromatic nitrogens is 5. The summed E-state index contributed by atoms with van der Waals surface area (Å²) in [6.45, 7) is 1.49. The van der Waals surface area contributed by atoms with E-state index in [1.807, 2.05) is 0 Å².